The molecule has 0 amide bonds. The van der Waals surface area contributed by atoms with E-state index in [1.807, 2.05) is 30.3 Å². The summed E-state index contributed by atoms with van der Waals surface area (Å²) in [6.07, 6.45) is 2.66. The average molecular weight is 223 g/mol. The maximum absolute atomic E-state index is 8.62. The zero-order valence-electron chi connectivity index (χ0n) is 9.43. The number of aromatic nitrogens is 1. The number of hydrogen-bond donors (Lipinski definition) is 1. The number of pyridine rings is 1. The summed E-state index contributed by atoms with van der Waals surface area (Å²) >= 11 is 0. The molecule has 0 radical (unpaired) electrons. The van der Waals surface area contributed by atoms with Gasteiger partial charge in [0, 0.05) is 6.54 Å². The Hall–Kier alpha value is -2.34. The monoisotopic (exact) mass is 223 g/mol. The molecule has 1 heterocycles. The third-order valence-electron chi connectivity index (χ3n) is 2.46. The highest BCUT2D eigenvalue weighted by Gasteiger charge is 1.95. The van der Waals surface area contributed by atoms with Crippen LogP contribution in [0.25, 0.3) is 0 Å². The van der Waals surface area contributed by atoms with Crippen molar-refractivity contribution in [1.82, 2.24) is 4.98 Å². The van der Waals surface area contributed by atoms with E-state index in [2.05, 4.69) is 22.4 Å². The van der Waals surface area contributed by atoms with Gasteiger partial charge in [0.25, 0.3) is 0 Å². The second-order valence-electron chi connectivity index (χ2n) is 3.71. The Bertz CT molecular complexity index is 497. The van der Waals surface area contributed by atoms with Crippen molar-refractivity contribution in [1.29, 1.82) is 5.26 Å². The molecule has 3 heteroatoms. The van der Waals surface area contributed by atoms with Gasteiger partial charge >= 0.3 is 0 Å². The van der Waals surface area contributed by atoms with Crippen LogP contribution in [0.3, 0.4) is 0 Å². The van der Waals surface area contributed by atoms with Gasteiger partial charge in [-0.15, -0.1) is 0 Å². The normalized spacial score (nSPS) is 9.59. The van der Waals surface area contributed by atoms with E-state index >= 15 is 0 Å². The molecule has 0 saturated heterocycles. The molecular formula is C14H13N3. The molecular weight excluding hydrogens is 210 g/mol. The lowest BCUT2D eigenvalue weighted by Gasteiger charge is -2.05. The fraction of sp³-hybridized carbons (Fsp3) is 0.143. The second-order valence-corrected chi connectivity index (χ2v) is 3.71. The number of nitrogens with zero attached hydrogens (tertiary/aromatic N) is 2. The Balaban J connectivity index is 1.84. The highest BCUT2D eigenvalue weighted by molar-refractivity contribution is 5.42. The predicted molar refractivity (Wildman–Crippen MR) is 67.6 cm³/mol. The molecule has 2 rings (SSSR count). The van der Waals surface area contributed by atoms with Crippen LogP contribution in [0.5, 0.6) is 0 Å². The topological polar surface area (TPSA) is 48.7 Å². The molecule has 3 nitrogen and oxygen atoms in total. The number of nitriles is 1. The predicted octanol–water partition coefficient (Wildman–Crippen LogP) is 2.61. The van der Waals surface area contributed by atoms with Crippen molar-refractivity contribution in [3.8, 4) is 6.07 Å². The first-order chi connectivity index (χ1) is 8.38. The maximum atomic E-state index is 8.62. The Morgan fingerprint density at radius 2 is 1.94 bits per heavy atom. The number of hydrogen-bond acceptors (Lipinski definition) is 3. The Morgan fingerprint density at radius 1 is 1.12 bits per heavy atom. The minimum Gasteiger partial charge on any atom is -0.383 e. The first-order valence-corrected chi connectivity index (χ1v) is 5.52. The van der Waals surface area contributed by atoms with E-state index in [0.29, 0.717) is 5.69 Å². The van der Waals surface area contributed by atoms with Crippen LogP contribution in [-0.4, -0.2) is 11.5 Å². The molecule has 1 aromatic heterocycles. The van der Waals surface area contributed by atoms with E-state index in [-0.39, 0.29) is 0 Å². The summed E-state index contributed by atoms with van der Waals surface area (Å²) in [5.74, 6) is 0. The van der Waals surface area contributed by atoms with E-state index in [4.69, 9.17) is 5.26 Å². The molecule has 0 aliphatic heterocycles. The summed E-state index contributed by atoms with van der Waals surface area (Å²) in [6.45, 7) is 0.859. The smallest absolute Gasteiger partial charge is 0.140 e. The minimum absolute atomic E-state index is 0.443. The third kappa shape index (κ3) is 3.32. The molecule has 0 spiro atoms. The molecule has 0 aliphatic rings. The molecule has 1 aromatic carbocycles. The standard InChI is InChI=1S/C14H13N3/c15-10-13-6-7-14(11-17-13)16-9-8-12-4-2-1-3-5-12/h1-7,11,16H,8-9H2. The van der Waals surface area contributed by atoms with Gasteiger partial charge in [0.1, 0.15) is 11.8 Å². The minimum atomic E-state index is 0.443. The van der Waals surface area contributed by atoms with Gasteiger partial charge in [-0.1, -0.05) is 30.3 Å². The summed E-state index contributed by atoms with van der Waals surface area (Å²) in [5.41, 5.74) is 2.69. The fourth-order valence-electron chi connectivity index (χ4n) is 1.56. The summed E-state index contributed by atoms with van der Waals surface area (Å²) in [7, 11) is 0. The van der Waals surface area contributed by atoms with Crippen LogP contribution in [0, 0.1) is 11.3 Å². The Kier molecular flexibility index (Phi) is 3.72. The molecule has 17 heavy (non-hydrogen) atoms. The van der Waals surface area contributed by atoms with E-state index in [0.717, 1.165) is 18.7 Å². The summed E-state index contributed by atoms with van der Waals surface area (Å²) in [6, 6.07) is 15.9. The van der Waals surface area contributed by atoms with Crippen molar-refractivity contribution in [3.05, 3.63) is 59.9 Å². The number of rotatable bonds is 4. The van der Waals surface area contributed by atoms with Crippen LogP contribution in [-0.2, 0) is 6.42 Å². The SMILES string of the molecule is N#Cc1ccc(NCCc2ccccc2)cn1. The molecule has 0 aliphatic carbocycles. The van der Waals surface area contributed by atoms with Crippen LogP contribution >= 0.6 is 0 Å². The molecule has 0 fully saturated rings. The Labute approximate surface area is 101 Å². The fourth-order valence-corrected chi connectivity index (χ4v) is 1.56. The van der Waals surface area contributed by atoms with E-state index in [1.165, 1.54) is 5.56 Å². The highest BCUT2D eigenvalue weighted by Crippen LogP contribution is 2.06. The average Bonchev–Trinajstić information content (AvgIpc) is 2.41. The number of anilines is 1. The lowest BCUT2D eigenvalue weighted by atomic mass is 10.1. The number of benzene rings is 1. The van der Waals surface area contributed by atoms with Crippen molar-refractivity contribution in [2.24, 2.45) is 0 Å². The molecule has 0 saturated carbocycles. The van der Waals surface area contributed by atoms with Crippen LogP contribution in [0.4, 0.5) is 5.69 Å². The van der Waals surface area contributed by atoms with Crippen molar-refractivity contribution in [2.75, 3.05) is 11.9 Å². The molecule has 2 aromatic rings. The Morgan fingerprint density at radius 3 is 2.59 bits per heavy atom. The summed E-state index contributed by atoms with van der Waals surface area (Å²) in [5, 5.41) is 11.9. The molecule has 0 atom stereocenters. The van der Waals surface area contributed by atoms with Crippen LogP contribution < -0.4 is 5.32 Å². The largest absolute Gasteiger partial charge is 0.383 e. The van der Waals surface area contributed by atoms with Crippen molar-refractivity contribution < 1.29 is 0 Å². The van der Waals surface area contributed by atoms with Gasteiger partial charge in [-0.2, -0.15) is 5.26 Å². The van der Waals surface area contributed by atoms with Crippen molar-refractivity contribution in [2.45, 2.75) is 6.42 Å². The highest BCUT2D eigenvalue weighted by atomic mass is 14.9. The quantitative estimate of drug-likeness (QED) is 0.866. The van der Waals surface area contributed by atoms with Crippen molar-refractivity contribution >= 4 is 5.69 Å². The van der Waals surface area contributed by atoms with Crippen LogP contribution in [0.1, 0.15) is 11.3 Å². The summed E-state index contributed by atoms with van der Waals surface area (Å²) in [4.78, 5) is 4.00. The third-order valence-corrected chi connectivity index (χ3v) is 2.46. The lowest BCUT2D eigenvalue weighted by molar-refractivity contribution is 1.02. The van der Waals surface area contributed by atoms with E-state index in [1.54, 1.807) is 12.3 Å². The van der Waals surface area contributed by atoms with Gasteiger partial charge in [-0.3, -0.25) is 0 Å². The first kappa shape index (κ1) is 11.2. The van der Waals surface area contributed by atoms with Gasteiger partial charge < -0.3 is 5.32 Å². The van der Waals surface area contributed by atoms with Gasteiger partial charge in [-0.25, -0.2) is 4.98 Å². The maximum Gasteiger partial charge on any atom is 0.140 e. The van der Waals surface area contributed by atoms with Gasteiger partial charge in [0.15, 0.2) is 0 Å². The lowest BCUT2D eigenvalue weighted by Crippen LogP contribution is -2.05. The first-order valence-electron chi connectivity index (χ1n) is 5.52. The number of nitrogens with one attached hydrogen (secondary N) is 1. The molecule has 1 N–H and O–H groups in total. The second kappa shape index (κ2) is 5.66. The van der Waals surface area contributed by atoms with Crippen LogP contribution in [0.2, 0.25) is 0 Å². The zero-order valence-corrected chi connectivity index (χ0v) is 9.43. The van der Waals surface area contributed by atoms with Gasteiger partial charge in [0.05, 0.1) is 11.9 Å². The van der Waals surface area contributed by atoms with Gasteiger partial charge in [0.2, 0.25) is 0 Å². The van der Waals surface area contributed by atoms with E-state index < -0.39 is 0 Å². The zero-order chi connectivity index (χ0) is 11.9. The molecule has 84 valence electrons. The summed E-state index contributed by atoms with van der Waals surface area (Å²) < 4.78 is 0. The van der Waals surface area contributed by atoms with Crippen LogP contribution in [0.15, 0.2) is 48.7 Å². The molecule has 0 bridgehead atoms. The van der Waals surface area contributed by atoms with E-state index in [9.17, 15) is 0 Å². The van der Waals surface area contributed by atoms with Crippen molar-refractivity contribution in [3.63, 3.8) is 0 Å². The van der Waals surface area contributed by atoms with Gasteiger partial charge in [-0.05, 0) is 24.1 Å². The molecule has 0 unspecified atom stereocenters.